The van der Waals surface area contributed by atoms with Gasteiger partial charge in [-0.2, -0.15) is 0 Å². The van der Waals surface area contributed by atoms with E-state index in [-0.39, 0.29) is 6.09 Å². The van der Waals surface area contributed by atoms with Crippen LogP contribution in [0.15, 0.2) is 6.20 Å². The third-order valence-electron chi connectivity index (χ3n) is 3.27. The van der Waals surface area contributed by atoms with Crippen molar-refractivity contribution in [2.24, 2.45) is 0 Å². The molecule has 2 heterocycles. The molecule has 1 aromatic heterocycles. The molecule has 2 aliphatic rings. The highest BCUT2D eigenvalue weighted by Gasteiger charge is 2.32. The maximum Gasteiger partial charge on any atom is 0.410 e. The molecule has 1 fully saturated rings. The summed E-state index contributed by atoms with van der Waals surface area (Å²) in [5.41, 5.74) is 1.55. The zero-order valence-electron chi connectivity index (χ0n) is 11.6. The number of rotatable bonds is 1. The largest absolute Gasteiger partial charge is 0.444 e. The van der Waals surface area contributed by atoms with Gasteiger partial charge in [-0.3, -0.25) is 4.90 Å². The van der Waals surface area contributed by atoms with E-state index < -0.39 is 5.60 Å². The number of fused-ring (bicyclic) bond motifs is 1. The third-order valence-corrected chi connectivity index (χ3v) is 3.27. The lowest BCUT2D eigenvalue weighted by molar-refractivity contribution is 0.0240. The predicted octanol–water partition coefficient (Wildman–Crippen LogP) is 2.60. The fourth-order valence-electron chi connectivity index (χ4n) is 2.16. The maximum atomic E-state index is 12.0. The molecule has 3 rings (SSSR count). The van der Waals surface area contributed by atoms with Crippen LogP contribution >= 0.6 is 0 Å². The molecule has 1 aliphatic heterocycles. The Morgan fingerprint density at radius 1 is 1.37 bits per heavy atom. The van der Waals surface area contributed by atoms with Crippen LogP contribution in [-0.4, -0.2) is 26.6 Å². The van der Waals surface area contributed by atoms with Crippen molar-refractivity contribution >= 4 is 6.09 Å². The molecular formula is C14H19N3O2. The highest BCUT2D eigenvalue weighted by molar-refractivity contribution is 5.69. The van der Waals surface area contributed by atoms with E-state index in [1.54, 1.807) is 4.90 Å². The molecule has 0 spiro atoms. The van der Waals surface area contributed by atoms with Crippen molar-refractivity contribution in [3.8, 4) is 0 Å². The van der Waals surface area contributed by atoms with Crippen LogP contribution in [0.1, 0.15) is 56.6 Å². The Morgan fingerprint density at radius 2 is 2.11 bits per heavy atom. The van der Waals surface area contributed by atoms with E-state index in [1.165, 1.54) is 12.8 Å². The van der Waals surface area contributed by atoms with Gasteiger partial charge in [0.25, 0.3) is 0 Å². The van der Waals surface area contributed by atoms with E-state index in [0.717, 1.165) is 17.1 Å². The summed E-state index contributed by atoms with van der Waals surface area (Å²) >= 11 is 0. The average Bonchev–Trinajstić information content (AvgIpc) is 3.05. The second kappa shape index (κ2) is 4.18. The highest BCUT2D eigenvalue weighted by Crippen LogP contribution is 2.38. The second-order valence-corrected chi connectivity index (χ2v) is 6.31. The molecule has 0 aromatic carbocycles. The van der Waals surface area contributed by atoms with Crippen LogP contribution in [0, 0.1) is 0 Å². The second-order valence-electron chi connectivity index (χ2n) is 6.31. The molecule has 102 valence electrons. The normalized spacial score (nSPS) is 18.4. The smallest absolute Gasteiger partial charge is 0.410 e. The summed E-state index contributed by atoms with van der Waals surface area (Å²) in [7, 11) is 0. The predicted molar refractivity (Wildman–Crippen MR) is 69.5 cm³/mol. The third kappa shape index (κ3) is 2.69. The Labute approximate surface area is 113 Å². The van der Waals surface area contributed by atoms with Crippen molar-refractivity contribution in [2.75, 3.05) is 0 Å². The quantitative estimate of drug-likeness (QED) is 0.779. The molecule has 19 heavy (non-hydrogen) atoms. The Kier molecular flexibility index (Phi) is 2.73. The maximum absolute atomic E-state index is 12.0. The zero-order chi connectivity index (χ0) is 13.6. The summed E-state index contributed by atoms with van der Waals surface area (Å²) in [4.78, 5) is 22.7. The fourth-order valence-corrected chi connectivity index (χ4v) is 2.16. The number of amides is 1. The van der Waals surface area contributed by atoms with E-state index in [1.807, 2.05) is 27.0 Å². The van der Waals surface area contributed by atoms with E-state index in [2.05, 4.69) is 9.97 Å². The van der Waals surface area contributed by atoms with Crippen molar-refractivity contribution < 1.29 is 9.53 Å². The van der Waals surface area contributed by atoms with E-state index in [0.29, 0.717) is 19.0 Å². The minimum atomic E-state index is -0.462. The topological polar surface area (TPSA) is 55.3 Å². The Balaban J connectivity index is 1.71. The molecule has 0 unspecified atom stereocenters. The van der Waals surface area contributed by atoms with Gasteiger partial charge in [0, 0.05) is 17.7 Å². The molecule has 5 nitrogen and oxygen atoms in total. The van der Waals surface area contributed by atoms with Crippen LogP contribution in [0.25, 0.3) is 0 Å². The van der Waals surface area contributed by atoms with Crippen LogP contribution in [-0.2, 0) is 17.8 Å². The number of nitrogens with zero attached hydrogens (tertiary/aromatic N) is 3. The monoisotopic (exact) mass is 261 g/mol. The van der Waals surface area contributed by atoms with Crippen LogP contribution < -0.4 is 0 Å². The average molecular weight is 261 g/mol. The molecule has 1 aliphatic carbocycles. The molecule has 5 heteroatoms. The summed E-state index contributed by atoms with van der Waals surface area (Å²) in [5, 5.41) is 0. The van der Waals surface area contributed by atoms with Gasteiger partial charge in [0.05, 0.1) is 18.8 Å². The minimum Gasteiger partial charge on any atom is -0.444 e. The summed E-state index contributed by atoms with van der Waals surface area (Å²) in [6.45, 7) is 6.71. The molecule has 0 radical (unpaired) electrons. The van der Waals surface area contributed by atoms with Crippen LogP contribution in [0.5, 0.6) is 0 Å². The van der Waals surface area contributed by atoms with Gasteiger partial charge in [0.2, 0.25) is 0 Å². The zero-order valence-corrected chi connectivity index (χ0v) is 11.6. The molecule has 1 amide bonds. The molecule has 0 N–H and O–H groups in total. The minimum absolute atomic E-state index is 0.279. The van der Waals surface area contributed by atoms with Gasteiger partial charge < -0.3 is 4.74 Å². The lowest BCUT2D eigenvalue weighted by Gasteiger charge is -2.23. The lowest BCUT2D eigenvalue weighted by Crippen LogP contribution is -2.33. The first-order valence-corrected chi connectivity index (χ1v) is 6.75. The molecule has 0 atom stereocenters. The number of carbonyl (C=O) groups is 1. The summed E-state index contributed by atoms with van der Waals surface area (Å²) in [5.74, 6) is 1.48. The lowest BCUT2D eigenvalue weighted by atomic mass is 10.2. The van der Waals surface area contributed by atoms with Crippen molar-refractivity contribution in [2.45, 2.75) is 58.2 Å². The van der Waals surface area contributed by atoms with Crippen molar-refractivity contribution in [1.82, 2.24) is 14.9 Å². The SMILES string of the molecule is CC(C)(C)OC(=O)N1Cc2cnc(C3CC3)nc2C1. The van der Waals surface area contributed by atoms with Gasteiger partial charge >= 0.3 is 6.09 Å². The number of hydrogen-bond donors (Lipinski definition) is 0. The van der Waals surface area contributed by atoms with Crippen LogP contribution in [0.4, 0.5) is 4.79 Å². The summed E-state index contributed by atoms with van der Waals surface area (Å²) < 4.78 is 5.38. The fraction of sp³-hybridized carbons (Fsp3) is 0.643. The Bertz CT molecular complexity index is 518. The Morgan fingerprint density at radius 3 is 2.74 bits per heavy atom. The molecule has 1 saturated carbocycles. The number of carbonyl (C=O) groups excluding carboxylic acids is 1. The molecule has 1 aromatic rings. The summed E-state index contributed by atoms with van der Waals surface area (Å²) in [6.07, 6.45) is 3.96. The summed E-state index contributed by atoms with van der Waals surface area (Å²) in [6, 6.07) is 0. The van der Waals surface area contributed by atoms with Gasteiger partial charge in [-0.25, -0.2) is 14.8 Å². The number of hydrogen-bond acceptors (Lipinski definition) is 4. The van der Waals surface area contributed by atoms with Gasteiger partial charge in [-0.1, -0.05) is 0 Å². The van der Waals surface area contributed by atoms with Crippen molar-refractivity contribution in [1.29, 1.82) is 0 Å². The highest BCUT2D eigenvalue weighted by atomic mass is 16.6. The number of ether oxygens (including phenoxy) is 1. The van der Waals surface area contributed by atoms with Gasteiger partial charge in [-0.05, 0) is 33.6 Å². The van der Waals surface area contributed by atoms with Gasteiger partial charge in [0.15, 0.2) is 0 Å². The van der Waals surface area contributed by atoms with E-state index >= 15 is 0 Å². The van der Waals surface area contributed by atoms with Gasteiger partial charge in [-0.15, -0.1) is 0 Å². The van der Waals surface area contributed by atoms with E-state index in [9.17, 15) is 4.79 Å². The first kappa shape index (κ1) is 12.4. The van der Waals surface area contributed by atoms with Crippen molar-refractivity contribution in [3.63, 3.8) is 0 Å². The molecule has 0 bridgehead atoms. The standard InChI is InChI=1S/C14H19N3O2/c1-14(2,3)19-13(18)17-7-10-6-15-12(9-4-5-9)16-11(10)8-17/h6,9H,4-5,7-8H2,1-3H3. The number of aromatic nitrogens is 2. The van der Waals surface area contributed by atoms with Crippen LogP contribution in [0.2, 0.25) is 0 Å². The molecular weight excluding hydrogens is 242 g/mol. The molecule has 0 saturated heterocycles. The van der Waals surface area contributed by atoms with Crippen LogP contribution in [0.3, 0.4) is 0 Å². The van der Waals surface area contributed by atoms with E-state index in [4.69, 9.17) is 4.74 Å². The van der Waals surface area contributed by atoms with Crippen molar-refractivity contribution in [3.05, 3.63) is 23.3 Å². The first-order chi connectivity index (χ1) is 8.92. The Hall–Kier alpha value is -1.65. The first-order valence-electron chi connectivity index (χ1n) is 6.75. The van der Waals surface area contributed by atoms with Gasteiger partial charge in [0.1, 0.15) is 11.4 Å².